The molecular weight excluding hydrogens is 100 g/mol. The van der Waals surface area contributed by atoms with Crippen molar-refractivity contribution in [2.45, 2.75) is 13.8 Å². The summed E-state index contributed by atoms with van der Waals surface area (Å²) in [7, 11) is 0. The highest BCUT2D eigenvalue weighted by molar-refractivity contribution is 5.22. The molecule has 0 N–H and O–H groups in total. The molecule has 0 aliphatic heterocycles. The number of hydrogen-bond acceptors (Lipinski definition) is 1. The molecule has 0 aliphatic rings. The maximum atomic E-state index is 5.02. The Morgan fingerprint density at radius 1 is 1.62 bits per heavy atom. The molecule has 1 nitrogen and oxygen atoms in total. The molecule has 0 unspecified atom stereocenters. The average Bonchev–Trinajstić information content (AvgIpc) is 2.14. The second-order valence-corrected chi connectivity index (χ2v) is 1.72. The van der Waals surface area contributed by atoms with Gasteiger partial charge in [0.05, 0.1) is 6.26 Å². The number of furan rings is 1. The highest BCUT2D eigenvalue weighted by atomic mass is 16.3. The van der Waals surface area contributed by atoms with Gasteiger partial charge in [0.15, 0.2) is 0 Å². The third kappa shape index (κ3) is 0.760. The summed E-state index contributed by atoms with van der Waals surface area (Å²) in [5, 5.41) is 0. The Labute approximate surface area is 49.3 Å². The van der Waals surface area contributed by atoms with Crippen molar-refractivity contribution in [3.05, 3.63) is 30.1 Å². The largest absolute Gasteiger partial charge is 0.469 e. The minimum absolute atomic E-state index is 0.993. The van der Waals surface area contributed by atoms with Crippen LogP contribution in [0.25, 0.3) is 0 Å². The fourth-order valence-electron chi connectivity index (χ4n) is 0.694. The second kappa shape index (κ2) is 2.03. The molecule has 0 bridgehead atoms. The van der Waals surface area contributed by atoms with Crippen molar-refractivity contribution in [2.24, 2.45) is 0 Å². The predicted molar refractivity (Wildman–Crippen MR) is 32.5 cm³/mol. The minimum atomic E-state index is 0.993. The standard InChI is InChI=1S/C7H9O/c1-3-7-4-5-8-6(7)2/h3-5H,1-2H3. The third-order valence-electron chi connectivity index (χ3n) is 1.21. The molecule has 8 heavy (non-hydrogen) atoms. The monoisotopic (exact) mass is 109 g/mol. The first-order valence-electron chi connectivity index (χ1n) is 2.68. The molecule has 0 atom stereocenters. The van der Waals surface area contributed by atoms with Gasteiger partial charge in [0, 0.05) is 0 Å². The summed E-state index contributed by atoms with van der Waals surface area (Å²) in [6, 6.07) is 1.95. The lowest BCUT2D eigenvalue weighted by Crippen LogP contribution is -1.72. The minimum Gasteiger partial charge on any atom is -0.469 e. The van der Waals surface area contributed by atoms with E-state index in [4.69, 9.17) is 4.42 Å². The van der Waals surface area contributed by atoms with Gasteiger partial charge in [-0.15, -0.1) is 0 Å². The van der Waals surface area contributed by atoms with E-state index in [-0.39, 0.29) is 0 Å². The Morgan fingerprint density at radius 3 is 2.62 bits per heavy atom. The molecule has 1 rings (SSSR count). The summed E-state index contributed by atoms with van der Waals surface area (Å²) in [6.45, 7) is 3.95. The van der Waals surface area contributed by atoms with Crippen LogP contribution in [0.1, 0.15) is 18.2 Å². The lowest BCUT2D eigenvalue weighted by molar-refractivity contribution is 0.532. The van der Waals surface area contributed by atoms with Crippen LogP contribution in [0.15, 0.2) is 16.7 Å². The molecule has 0 spiro atoms. The average molecular weight is 109 g/mol. The SMILES string of the molecule is C[CH]c1ccoc1C. The van der Waals surface area contributed by atoms with Gasteiger partial charge < -0.3 is 4.42 Å². The molecule has 1 aromatic rings. The summed E-state index contributed by atoms with van der Waals surface area (Å²) in [5.74, 6) is 0.993. The van der Waals surface area contributed by atoms with Gasteiger partial charge in [-0.05, 0) is 25.0 Å². The Morgan fingerprint density at radius 2 is 2.38 bits per heavy atom. The smallest absolute Gasteiger partial charge is 0.104 e. The van der Waals surface area contributed by atoms with E-state index in [1.165, 1.54) is 5.56 Å². The zero-order valence-corrected chi connectivity index (χ0v) is 5.14. The van der Waals surface area contributed by atoms with Crippen LogP contribution in [0, 0.1) is 13.3 Å². The maximum Gasteiger partial charge on any atom is 0.104 e. The van der Waals surface area contributed by atoms with Gasteiger partial charge >= 0.3 is 0 Å². The third-order valence-corrected chi connectivity index (χ3v) is 1.21. The summed E-state index contributed by atoms with van der Waals surface area (Å²) in [5.41, 5.74) is 1.19. The predicted octanol–water partition coefficient (Wildman–Crippen LogP) is 2.16. The zero-order chi connectivity index (χ0) is 5.98. The van der Waals surface area contributed by atoms with Crippen LogP contribution in [0.5, 0.6) is 0 Å². The first-order valence-corrected chi connectivity index (χ1v) is 2.68. The van der Waals surface area contributed by atoms with Crippen molar-refractivity contribution in [2.75, 3.05) is 0 Å². The lowest BCUT2D eigenvalue weighted by atomic mass is 10.2. The van der Waals surface area contributed by atoms with Gasteiger partial charge in [-0.1, -0.05) is 6.92 Å². The molecule has 1 heteroatoms. The van der Waals surface area contributed by atoms with Crippen LogP contribution >= 0.6 is 0 Å². The molecule has 0 aromatic carbocycles. The van der Waals surface area contributed by atoms with E-state index in [0.29, 0.717) is 0 Å². The van der Waals surface area contributed by atoms with E-state index in [1.54, 1.807) is 6.26 Å². The topological polar surface area (TPSA) is 13.1 Å². The van der Waals surface area contributed by atoms with Gasteiger partial charge in [-0.3, -0.25) is 0 Å². The van der Waals surface area contributed by atoms with Crippen molar-refractivity contribution in [1.82, 2.24) is 0 Å². The number of hydrogen-bond donors (Lipinski definition) is 0. The summed E-state index contributed by atoms with van der Waals surface area (Å²) >= 11 is 0. The molecular formula is C7H9O. The Balaban J connectivity index is 2.92. The van der Waals surface area contributed by atoms with Gasteiger partial charge in [0.1, 0.15) is 5.76 Å². The van der Waals surface area contributed by atoms with Crippen LogP contribution in [0.4, 0.5) is 0 Å². The summed E-state index contributed by atoms with van der Waals surface area (Å²) < 4.78 is 5.02. The van der Waals surface area contributed by atoms with E-state index < -0.39 is 0 Å². The van der Waals surface area contributed by atoms with E-state index >= 15 is 0 Å². The number of aryl methyl sites for hydroxylation is 1. The van der Waals surface area contributed by atoms with Gasteiger partial charge in [0.2, 0.25) is 0 Å². The normalized spacial score (nSPS) is 9.75. The van der Waals surface area contributed by atoms with E-state index in [1.807, 2.05) is 26.3 Å². The van der Waals surface area contributed by atoms with Crippen molar-refractivity contribution in [3.8, 4) is 0 Å². The fraction of sp³-hybridized carbons (Fsp3) is 0.286. The van der Waals surface area contributed by atoms with E-state index in [9.17, 15) is 0 Å². The highest BCUT2D eigenvalue weighted by Crippen LogP contribution is 2.09. The van der Waals surface area contributed by atoms with Gasteiger partial charge in [-0.2, -0.15) is 0 Å². The maximum absolute atomic E-state index is 5.02. The lowest BCUT2D eigenvalue weighted by Gasteiger charge is -1.85. The highest BCUT2D eigenvalue weighted by Gasteiger charge is 1.94. The molecule has 0 saturated carbocycles. The van der Waals surface area contributed by atoms with Crippen LogP contribution < -0.4 is 0 Å². The van der Waals surface area contributed by atoms with Gasteiger partial charge in [-0.25, -0.2) is 0 Å². The van der Waals surface area contributed by atoms with Crippen molar-refractivity contribution < 1.29 is 4.42 Å². The Hall–Kier alpha value is -0.720. The molecule has 0 amide bonds. The van der Waals surface area contributed by atoms with Crippen molar-refractivity contribution in [1.29, 1.82) is 0 Å². The molecule has 0 aliphatic carbocycles. The second-order valence-electron chi connectivity index (χ2n) is 1.72. The zero-order valence-electron chi connectivity index (χ0n) is 5.14. The van der Waals surface area contributed by atoms with E-state index in [0.717, 1.165) is 5.76 Å². The quantitative estimate of drug-likeness (QED) is 0.538. The molecule has 0 saturated heterocycles. The fourth-order valence-corrected chi connectivity index (χ4v) is 0.694. The Bertz CT molecular complexity index is 165. The summed E-state index contributed by atoms with van der Waals surface area (Å²) in [6.07, 6.45) is 3.73. The molecule has 1 heterocycles. The van der Waals surface area contributed by atoms with Crippen molar-refractivity contribution >= 4 is 0 Å². The number of rotatable bonds is 1. The molecule has 43 valence electrons. The van der Waals surface area contributed by atoms with Crippen LogP contribution in [-0.4, -0.2) is 0 Å². The summed E-state index contributed by atoms with van der Waals surface area (Å²) in [4.78, 5) is 0. The van der Waals surface area contributed by atoms with Crippen LogP contribution in [0.3, 0.4) is 0 Å². The van der Waals surface area contributed by atoms with E-state index in [2.05, 4.69) is 0 Å². The molecule has 1 radical (unpaired) electrons. The first-order chi connectivity index (χ1) is 3.84. The van der Waals surface area contributed by atoms with Gasteiger partial charge in [0.25, 0.3) is 0 Å². The van der Waals surface area contributed by atoms with Crippen LogP contribution in [-0.2, 0) is 0 Å². The van der Waals surface area contributed by atoms with Crippen molar-refractivity contribution in [3.63, 3.8) is 0 Å². The molecule has 1 aromatic heterocycles. The molecule has 0 fully saturated rings. The first kappa shape index (κ1) is 5.42. The Kier molecular flexibility index (Phi) is 1.38. The van der Waals surface area contributed by atoms with Crippen LogP contribution in [0.2, 0.25) is 0 Å².